The fourth-order valence-electron chi connectivity index (χ4n) is 1.72. The van der Waals surface area contributed by atoms with Gasteiger partial charge in [-0.15, -0.1) is 0 Å². The molecule has 0 radical (unpaired) electrons. The van der Waals surface area contributed by atoms with Gasteiger partial charge < -0.3 is 27.0 Å². The third-order valence-electron chi connectivity index (χ3n) is 2.95. The van der Waals surface area contributed by atoms with Crippen LogP contribution < -0.4 is 21.9 Å². The van der Waals surface area contributed by atoms with E-state index in [1.165, 1.54) is 6.07 Å². The molecular weight excluding hydrogens is 242 g/mol. The van der Waals surface area contributed by atoms with Crippen molar-refractivity contribution < 1.29 is 9.84 Å². The molecule has 19 heavy (non-hydrogen) atoms. The van der Waals surface area contributed by atoms with Crippen LogP contribution in [0.4, 0.5) is 17.1 Å². The first-order valence-corrected chi connectivity index (χ1v) is 5.81. The number of ether oxygens (including phenoxy) is 1. The average Bonchev–Trinajstić information content (AvgIpc) is 2.32. The first-order chi connectivity index (χ1) is 8.88. The number of anilines is 3. The molecule has 5 nitrogen and oxygen atoms in total. The van der Waals surface area contributed by atoms with Crippen LogP contribution in [0.1, 0.15) is 11.1 Å². The summed E-state index contributed by atoms with van der Waals surface area (Å²) in [6.07, 6.45) is 0. The van der Waals surface area contributed by atoms with Crippen molar-refractivity contribution in [3.8, 4) is 17.2 Å². The molecule has 7 N–H and O–H groups in total. The molecule has 5 heteroatoms. The Kier molecular flexibility index (Phi) is 3.12. The number of hydrogen-bond donors (Lipinski definition) is 4. The predicted molar refractivity (Wildman–Crippen MR) is 77.3 cm³/mol. The lowest BCUT2D eigenvalue weighted by molar-refractivity contribution is 0.454. The van der Waals surface area contributed by atoms with E-state index in [1.54, 1.807) is 25.1 Å². The van der Waals surface area contributed by atoms with E-state index < -0.39 is 0 Å². The van der Waals surface area contributed by atoms with E-state index in [0.29, 0.717) is 34.1 Å². The number of phenols is 1. The number of nitrogen functional groups attached to an aromatic ring is 3. The largest absolute Gasteiger partial charge is 0.508 e. The van der Waals surface area contributed by atoms with Gasteiger partial charge in [-0.05, 0) is 37.1 Å². The van der Waals surface area contributed by atoms with Crippen LogP contribution in [-0.4, -0.2) is 5.11 Å². The smallest absolute Gasteiger partial charge is 0.154 e. The summed E-state index contributed by atoms with van der Waals surface area (Å²) < 4.78 is 5.62. The maximum atomic E-state index is 9.68. The van der Waals surface area contributed by atoms with Crippen LogP contribution in [-0.2, 0) is 0 Å². The molecule has 0 saturated heterocycles. The highest BCUT2D eigenvalue weighted by Crippen LogP contribution is 2.36. The van der Waals surface area contributed by atoms with Crippen molar-refractivity contribution in [1.29, 1.82) is 0 Å². The predicted octanol–water partition coefficient (Wildman–Crippen LogP) is 2.55. The molecule has 2 aromatic rings. The Morgan fingerprint density at radius 2 is 1.32 bits per heavy atom. The standard InChI is InChI=1S/C14H17N3O2/c1-7-3-10(16)13(5-9(7)15)19-14-6-12(18)8(2)4-11(14)17/h3-6,18H,15-17H2,1-2H3. The minimum Gasteiger partial charge on any atom is -0.508 e. The van der Waals surface area contributed by atoms with Gasteiger partial charge in [0.2, 0.25) is 0 Å². The molecule has 2 rings (SSSR count). The monoisotopic (exact) mass is 259 g/mol. The average molecular weight is 259 g/mol. The molecule has 0 aromatic heterocycles. The minimum atomic E-state index is 0.114. The molecule has 0 aliphatic rings. The minimum absolute atomic E-state index is 0.114. The quantitative estimate of drug-likeness (QED) is 0.489. The number of benzene rings is 2. The SMILES string of the molecule is Cc1cc(N)c(Oc2cc(O)c(C)cc2N)cc1N. The highest BCUT2D eigenvalue weighted by atomic mass is 16.5. The van der Waals surface area contributed by atoms with Crippen molar-refractivity contribution in [2.45, 2.75) is 13.8 Å². The van der Waals surface area contributed by atoms with Crippen molar-refractivity contribution >= 4 is 17.1 Å². The molecule has 0 unspecified atom stereocenters. The van der Waals surface area contributed by atoms with E-state index in [-0.39, 0.29) is 5.75 Å². The number of rotatable bonds is 2. The zero-order chi connectivity index (χ0) is 14.2. The summed E-state index contributed by atoms with van der Waals surface area (Å²) in [5.74, 6) is 0.874. The van der Waals surface area contributed by atoms with Crippen LogP contribution in [0.15, 0.2) is 24.3 Å². The third-order valence-corrected chi connectivity index (χ3v) is 2.95. The van der Waals surface area contributed by atoms with Crippen LogP contribution in [0.2, 0.25) is 0 Å². The van der Waals surface area contributed by atoms with Gasteiger partial charge in [0.15, 0.2) is 11.5 Å². The lowest BCUT2D eigenvalue weighted by Gasteiger charge is -2.13. The normalized spacial score (nSPS) is 10.4. The first kappa shape index (κ1) is 12.9. The van der Waals surface area contributed by atoms with Gasteiger partial charge in [0.1, 0.15) is 5.75 Å². The molecule has 0 atom stereocenters. The molecule has 100 valence electrons. The fourth-order valence-corrected chi connectivity index (χ4v) is 1.72. The molecular formula is C14H17N3O2. The Morgan fingerprint density at radius 1 is 0.789 bits per heavy atom. The Bertz CT molecular complexity index is 584. The van der Waals surface area contributed by atoms with E-state index in [1.807, 2.05) is 6.92 Å². The lowest BCUT2D eigenvalue weighted by Crippen LogP contribution is -1.99. The fraction of sp³-hybridized carbons (Fsp3) is 0.143. The second kappa shape index (κ2) is 4.61. The summed E-state index contributed by atoms with van der Waals surface area (Å²) in [4.78, 5) is 0. The molecule has 0 saturated carbocycles. The summed E-state index contributed by atoms with van der Waals surface area (Å²) in [5, 5.41) is 9.68. The van der Waals surface area contributed by atoms with Crippen molar-refractivity contribution in [2.24, 2.45) is 0 Å². The van der Waals surface area contributed by atoms with Crippen LogP contribution in [0.25, 0.3) is 0 Å². The van der Waals surface area contributed by atoms with Crippen molar-refractivity contribution in [3.63, 3.8) is 0 Å². The molecule has 0 heterocycles. The van der Waals surface area contributed by atoms with Crippen LogP contribution in [0.3, 0.4) is 0 Å². The van der Waals surface area contributed by atoms with Crippen LogP contribution >= 0.6 is 0 Å². The summed E-state index contributed by atoms with van der Waals surface area (Å²) in [6, 6.07) is 6.47. The Balaban J connectivity index is 2.42. The van der Waals surface area contributed by atoms with Gasteiger partial charge in [0, 0.05) is 17.8 Å². The summed E-state index contributed by atoms with van der Waals surface area (Å²) in [5.41, 5.74) is 20.6. The third kappa shape index (κ3) is 2.49. The number of hydrogen-bond acceptors (Lipinski definition) is 5. The van der Waals surface area contributed by atoms with Gasteiger partial charge in [0.25, 0.3) is 0 Å². The van der Waals surface area contributed by atoms with E-state index in [4.69, 9.17) is 21.9 Å². The van der Waals surface area contributed by atoms with Gasteiger partial charge in [-0.1, -0.05) is 0 Å². The van der Waals surface area contributed by atoms with Gasteiger partial charge in [0.05, 0.1) is 11.4 Å². The van der Waals surface area contributed by atoms with Crippen molar-refractivity contribution in [2.75, 3.05) is 17.2 Å². The van der Waals surface area contributed by atoms with E-state index >= 15 is 0 Å². The molecule has 0 spiro atoms. The number of nitrogens with two attached hydrogens (primary N) is 3. The Morgan fingerprint density at radius 3 is 1.95 bits per heavy atom. The van der Waals surface area contributed by atoms with Crippen LogP contribution in [0, 0.1) is 13.8 Å². The summed E-state index contributed by atoms with van der Waals surface area (Å²) >= 11 is 0. The van der Waals surface area contributed by atoms with E-state index in [0.717, 1.165) is 5.56 Å². The maximum absolute atomic E-state index is 9.68. The van der Waals surface area contributed by atoms with Crippen molar-refractivity contribution in [3.05, 3.63) is 35.4 Å². The second-order valence-corrected chi connectivity index (χ2v) is 4.53. The topological polar surface area (TPSA) is 108 Å². The molecule has 0 aliphatic heterocycles. The van der Waals surface area contributed by atoms with Gasteiger partial charge >= 0.3 is 0 Å². The first-order valence-electron chi connectivity index (χ1n) is 5.81. The molecule has 0 bridgehead atoms. The Hall–Kier alpha value is -2.56. The molecule has 2 aromatic carbocycles. The maximum Gasteiger partial charge on any atom is 0.154 e. The molecule has 0 amide bonds. The summed E-state index contributed by atoms with van der Waals surface area (Å²) in [6.45, 7) is 3.62. The zero-order valence-electron chi connectivity index (χ0n) is 10.9. The number of aryl methyl sites for hydroxylation is 2. The second-order valence-electron chi connectivity index (χ2n) is 4.53. The summed E-state index contributed by atoms with van der Waals surface area (Å²) in [7, 11) is 0. The van der Waals surface area contributed by atoms with Gasteiger partial charge in [-0.25, -0.2) is 0 Å². The van der Waals surface area contributed by atoms with E-state index in [9.17, 15) is 5.11 Å². The number of phenolic OH excluding ortho intramolecular Hbond substituents is 1. The molecule has 0 fully saturated rings. The highest BCUT2D eigenvalue weighted by molar-refractivity contribution is 5.66. The van der Waals surface area contributed by atoms with Crippen molar-refractivity contribution in [1.82, 2.24) is 0 Å². The highest BCUT2D eigenvalue weighted by Gasteiger charge is 2.10. The van der Waals surface area contributed by atoms with Gasteiger partial charge in [-0.2, -0.15) is 0 Å². The lowest BCUT2D eigenvalue weighted by atomic mass is 10.1. The van der Waals surface area contributed by atoms with Gasteiger partial charge in [-0.3, -0.25) is 0 Å². The molecule has 0 aliphatic carbocycles. The Labute approximate surface area is 111 Å². The van der Waals surface area contributed by atoms with E-state index in [2.05, 4.69) is 0 Å². The van der Waals surface area contributed by atoms with Crippen LogP contribution in [0.5, 0.6) is 17.2 Å². The number of aromatic hydroxyl groups is 1. The zero-order valence-corrected chi connectivity index (χ0v) is 10.9.